The van der Waals surface area contributed by atoms with Crippen LogP contribution >= 0.6 is 0 Å². The summed E-state index contributed by atoms with van der Waals surface area (Å²) in [5, 5.41) is 24.0. The van der Waals surface area contributed by atoms with E-state index >= 15 is 8.78 Å². The maximum absolute atomic E-state index is 15.3. The molecule has 3 fully saturated rings. The molecule has 16 heteroatoms. The Balaban J connectivity index is 0.837. The number of benzene rings is 4. The van der Waals surface area contributed by atoms with Gasteiger partial charge in [0.25, 0.3) is 5.91 Å². The van der Waals surface area contributed by atoms with Gasteiger partial charge in [-0.1, -0.05) is 30.3 Å². The highest BCUT2D eigenvalue weighted by molar-refractivity contribution is 6.07. The van der Waals surface area contributed by atoms with Crippen LogP contribution in [-0.2, 0) is 23.4 Å². The highest BCUT2D eigenvalue weighted by Crippen LogP contribution is 2.46. The van der Waals surface area contributed by atoms with E-state index in [1.54, 1.807) is 30.0 Å². The second kappa shape index (κ2) is 18.9. The molecule has 4 aromatic carbocycles. The fourth-order valence-corrected chi connectivity index (χ4v) is 10.3. The van der Waals surface area contributed by atoms with Crippen molar-refractivity contribution in [2.24, 2.45) is 11.3 Å². The summed E-state index contributed by atoms with van der Waals surface area (Å²) in [5.74, 6) is -2.04. The van der Waals surface area contributed by atoms with Crippen LogP contribution in [0, 0.1) is 29.9 Å². The number of ether oxygens (including phenoxy) is 1. The Morgan fingerprint density at radius 2 is 1.68 bits per heavy atom. The molecule has 4 amide bonds. The molecule has 9 rings (SSSR count). The lowest BCUT2D eigenvalue weighted by atomic mass is 9.64. The zero-order valence-electron chi connectivity index (χ0n) is 39.1. The van der Waals surface area contributed by atoms with E-state index in [2.05, 4.69) is 37.3 Å². The van der Waals surface area contributed by atoms with Gasteiger partial charge < -0.3 is 24.8 Å². The van der Waals surface area contributed by atoms with Gasteiger partial charge in [0.05, 0.1) is 29.7 Å². The molecule has 0 aliphatic carbocycles. The summed E-state index contributed by atoms with van der Waals surface area (Å²) in [4.78, 5) is 69.7. The smallest absolute Gasteiger partial charge is 0.328 e. The van der Waals surface area contributed by atoms with Gasteiger partial charge in [-0.15, -0.1) is 0 Å². The molecule has 0 radical (unpaired) electrons. The van der Waals surface area contributed by atoms with E-state index in [9.17, 15) is 29.4 Å². The minimum Gasteiger partial charge on any atom is -0.495 e. The number of aromatic amines is 1. The number of piperidine rings is 2. The largest absolute Gasteiger partial charge is 0.495 e. The molecule has 14 nitrogen and oxygen atoms in total. The Hall–Kier alpha value is -6.88. The molecule has 4 N–H and O–H groups in total. The fraction of sp³-hybridized carbons (Fsp3) is 0.358. The number of imide groups is 1. The molecule has 0 saturated carbocycles. The van der Waals surface area contributed by atoms with E-state index in [0.29, 0.717) is 69.1 Å². The van der Waals surface area contributed by atoms with Gasteiger partial charge in [0.15, 0.2) is 5.78 Å². The van der Waals surface area contributed by atoms with Gasteiger partial charge in [0.2, 0.25) is 5.91 Å². The summed E-state index contributed by atoms with van der Waals surface area (Å²) >= 11 is 0. The number of urea groups is 1. The second-order valence-electron chi connectivity index (χ2n) is 19.1. The molecule has 6 aromatic rings. The van der Waals surface area contributed by atoms with E-state index in [-0.39, 0.29) is 54.7 Å². The van der Waals surface area contributed by atoms with Crippen LogP contribution in [0.5, 0.6) is 5.75 Å². The maximum Gasteiger partial charge on any atom is 0.328 e. The third kappa shape index (κ3) is 9.48. The number of halogens is 2. The summed E-state index contributed by atoms with van der Waals surface area (Å²) in [6.07, 6.45) is 3.87. The number of likely N-dealkylation sites (tertiary alicyclic amines) is 2. The van der Waals surface area contributed by atoms with Crippen LogP contribution in [0.25, 0.3) is 33.5 Å². The summed E-state index contributed by atoms with van der Waals surface area (Å²) < 4.78 is 35.8. The SMILES string of the molecule is COc1ccc(C(=O)N2CCC3(CCN(Cc4ccc(-c5cc6c(-c7cc(F)cc(CC(=O)c8ccc(C(C)(C)O)cc8F)c7C)ncnc6[nH]5)cc4)CC3)[C@@H](CO)C2)cc1N1CCC(=O)NC1=O. The lowest BCUT2D eigenvalue weighted by Gasteiger charge is -2.51. The van der Waals surface area contributed by atoms with Crippen LogP contribution in [0.4, 0.5) is 19.3 Å². The molecule has 3 aliphatic rings. The third-order valence-corrected chi connectivity index (χ3v) is 14.5. The van der Waals surface area contributed by atoms with Crippen LogP contribution < -0.4 is 15.0 Å². The number of Topliss-reactive ketones (excluding diaryl/α,β-unsaturated/α-hetero) is 1. The number of hydrogen-bond acceptors (Lipinski definition) is 10. The van der Waals surface area contributed by atoms with Crippen LogP contribution in [-0.4, -0.2) is 105 Å². The van der Waals surface area contributed by atoms with Crippen molar-refractivity contribution in [3.63, 3.8) is 0 Å². The number of aliphatic hydroxyl groups excluding tert-OH is 1. The van der Waals surface area contributed by atoms with Gasteiger partial charge in [-0.25, -0.2) is 23.5 Å². The first kappa shape index (κ1) is 47.2. The van der Waals surface area contributed by atoms with Crippen LogP contribution in [0.2, 0.25) is 0 Å². The van der Waals surface area contributed by atoms with Gasteiger partial charge in [0.1, 0.15) is 29.4 Å². The molecule has 2 aromatic heterocycles. The molecule has 3 aliphatic heterocycles. The molecule has 3 saturated heterocycles. The quantitative estimate of drug-likeness (QED) is 0.0888. The molecule has 1 spiro atoms. The summed E-state index contributed by atoms with van der Waals surface area (Å²) in [5.41, 5.74) is 5.08. The molecule has 5 heterocycles. The average molecular weight is 940 g/mol. The summed E-state index contributed by atoms with van der Waals surface area (Å²) in [6.45, 7) is 8.41. The van der Waals surface area contributed by atoms with E-state index < -0.39 is 29.0 Å². The lowest BCUT2D eigenvalue weighted by molar-refractivity contribution is -0.120. The summed E-state index contributed by atoms with van der Waals surface area (Å²) in [6, 6.07) is 21.3. The van der Waals surface area contributed by atoms with Gasteiger partial charge in [-0.05, 0) is 135 Å². The van der Waals surface area contributed by atoms with Gasteiger partial charge in [-0.3, -0.25) is 29.5 Å². The minimum absolute atomic E-state index is 0.0321. The van der Waals surface area contributed by atoms with Crippen molar-refractivity contribution in [1.29, 1.82) is 0 Å². The Bertz CT molecular complexity index is 2980. The highest BCUT2D eigenvalue weighted by atomic mass is 19.1. The summed E-state index contributed by atoms with van der Waals surface area (Å²) in [7, 11) is 1.49. The number of methoxy groups -OCH3 is 1. The number of ketones is 1. The molecule has 1 atom stereocenters. The number of H-pyrrole nitrogens is 1. The van der Waals surface area contributed by atoms with Gasteiger partial charge in [0, 0.05) is 73.8 Å². The zero-order chi connectivity index (χ0) is 48.8. The van der Waals surface area contributed by atoms with Crippen molar-refractivity contribution >= 4 is 40.3 Å². The zero-order valence-corrected chi connectivity index (χ0v) is 39.1. The Labute approximate surface area is 398 Å². The number of nitrogens with one attached hydrogen (secondary N) is 2. The number of amides is 4. The first-order valence-corrected chi connectivity index (χ1v) is 23.2. The molecule has 69 heavy (non-hydrogen) atoms. The van der Waals surface area contributed by atoms with Crippen molar-refractivity contribution in [3.05, 3.63) is 130 Å². The van der Waals surface area contributed by atoms with E-state index in [0.717, 1.165) is 61.8 Å². The predicted molar refractivity (Wildman–Crippen MR) is 256 cm³/mol. The number of hydrogen-bond donors (Lipinski definition) is 4. The molecule has 0 bridgehead atoms. The molecule has 358 valence electrons. The van der Waals surface area contributed by atoms with Crippen molar-refractivity contribution in [3.8, 4) is 28.3 Å². The Morgan fingerprint density at radius 3 is 2.38 bits per heavy atom. The van der Waals surface area contributed by atoms with Crippen LogP contribution in [0.1, 0.15) is 82.5 Å². The number of fused-ring (bicyclic) bond motifs is 1. The monoisotopic (exact) mass is 939 g/mol. The van der Waals surface area contributed by atoms with Crippen molar-refractivity contribution < 1.29 is 42.9 Å². The van der Waals surface area contributed by atoms with E-state index in [1.165, 1.54) is 56.4 Å². The highest BCUT2D eigenvalue weighted by Gasteiger charge is 2.45. The number of aromatic nitrogens is 3. The van der Waals surface area contributed by atoms with Gasteiger partial charge >= 0.3 is 6.03 Å². The van der Waals surface area contributed by atoms with E-state index in [1.807, 2.05) is 18.2 Å². The Kier molecular flexibility index (Phi) is 12.9. The number of nitrogens with zero attached hydrogens (tertiary/aromatic N) is 5. The van der Waals surface area contributed by atoms with Gasteiger partial charge in [-0.2, -0.15) is 0 Å². The number of anilines is 1. The first-order chi connectivity index (χ1) is 33.0. The fourth-order valence-electron chi connectivity index (χ4n) is 10.3. The molecular weight excluding hydrogens is 885 g/mol. The van der Waals surface area contributed by atoms with E-state index in [4.69, 9.17) is 4.74 Å². The average Bonchev–Trinajstić information content (AvgIpc) is 3.78. The topological polar surface area (TPSA) is 181 Å². The molecule has 0 unspecified atom stereocenters. The first-order valence-electron chi connectivity index (χ1n) is 23.2. The number of carbonyl (C=O) groups is 4. The lowest BCUT2D eigenvalue weighted by Crippen LogP contribution is -2.54. The number of carbonyl (C=O) groups excluding carboxylic acids is 4. The minimum atomic E-state index is -1.28. The maximum atomic E-state index is 15.3. The van der Waals surface area contributed by atoms with Crippen molar-refractivity contribution in [2.45, 2.75) is 65.0 Å². The molecular formula is C53H55F2N7O7. The predicted octanol–water partition coefficient (Wildman–Crippen LogP) is 7.72. The van der Waals surface area contributed by atoms with Crippen molar-refractivity contribution in [1.82, 2.24) is 30.1 Å². The number of aliphatic hydroxyl groups is 2. The Morgan fingerprint density at radius 1 is 0.928 bits per heavy atom. The van der Waals surface area contributed by atoms with Crippen LogP contribution in [0.3, 0.4) is 0 Å². The number of rotatable bonds is 12. The third-order valence-electron chi connectivity index (χ3n) is 14.5. The normalized spacial score (nSPS) is 17.7. The second-order valence-corrected chi connectivity index (χ2v) is 19.1. The van der Waals surface area contributed by atoms with Crippen LogP contribution in [0.15, 0.2) is 85.2 Å². The van der Waals surface area contributed by atoms with Crippen molar-refractivity contribution in [2.75, 3.05) is 51.3 Å². The standard InChI is InChI=1S/C53H55F2N7O7/c1-31-35(23-45(64)39-11-10-36(24-42(39)55)52(2,3)68)21-38(54)25-40(31)48-41-26-43(58-49(41)57-30-56-48)33-7-5-32(6-8-33)27-60-18-14-53(15-19-60)16-20-61(28-37(53)29-63)50(66)34-9-12-46(69-4)44(22-34)62-17-13-47(65)59-51(62)67/h5-12,21-22,24-26,30,37,63,68H,13-20,23,27-29H2,1-4H3,(H,56,57,58)(H,59,65,67)/t37-/m1/s1.